The van der Waals surface area contributed by atoms with Crippen LogP contribution in [0.2, 0.25) is 0 Å². The fourth-order valence-corrected chi connectivity index (χ4v) is 3.64. The van der Waals surface area contributed by atoms with E-state index in [4.69, 9.17) is 9.15 Å². The number of para-hydroxylation sites is 1. The third-order valence-corrected chi connectivity index (χ3v) is 4.63. The van der Waals surface area contributed by atoms with Crippen molar-refractivity contribution in [1.82, 2.24) is 4.57 Å². The standard InChI is InChI=1S/C17H17N3O5S/c1-3-10-19-15-11(24-4-2)6-5-7-13(15)26-17(19)18-16(21)12-8-9-14(25-12)20(22)23/h5-9H,3-4,10H2,1-2H3. The highest BCUT2D eigenvalue weighted by molar-refractivity contribution is 7.16. The van der Waals surface area contributed by atoms with Gasteiger partial charge in [-0.15, -0.1) is 0 Å². The minimum atomic E-state index is -0.693. The normalized spacial score (nSPS) is 11.8. The molecule has 9 heteroatoms. The maximum absolute atomic E-state index is 12.4. The first-order valence-corrected chi connectivity index (χ1v) is 8.95. The quantitative estimate of drug-likeness (QED) is 0.482. The molecule has 0 N–H and O–H groups in total. The van der Waals surface area contributed by atoms with Gasteiger partial charge in [-0.3, -0.25) is 14.9 Å². The van der Waals surface area contributed by atoms with E-state index < -0.39 is 16.7 Å². The van der Waals surface area contributed by atoms with Crippen molar-refractivity contribution in [2.45, 2.75) is 26.8 Å². The Morgan fingerprint density at radius 3 is 2.81 bits per heavy atom. The summed E-state index contributed by atoms with van der Waals surface area (Å²) in [6.07, 6.45) is 0.847. The molecule has 26 heavy (non-hydrogen) atoms. The lowest BCUT2D eigenvalue weighted by Crippen LogP contribution is -2.17. The molecule has 0 radical (unpaired) electrons. The molecule has 0 unspecified atom stereocenters. The third kappa shape index (κ3) is 3.38. The smallest absolute Gasteiger partial charge is 0.433 e. The summed E-state index contributed by atoms with van der Waals surface area (Å²) >= 11 is 1.36. The van der Waals surface area contributed by atoms with Gasteiger partial charge in [0.25, 0.3) is 0 Å². The molecule has 1 aromatic carbocycles. The van der Waals surface area contributed by atoms with Gasteiger partial charge in [0, 0.05) is 6.54 Å². The number of nitrogens with zero attached hydrogens (tertiary/aromatic N) is 3. The van der Waals surface area contributed by atoms with Gasteiger partial charge < -0.3 is 13.7 Å². The van der Waals surface area contributed by atoms with Crippen LogP contribution < -0.4 is 9.54 Å². The van der Waals surface area contributed by atoms with Gasteiger partial charge in [0.1, 0.15) is 16.2 Å². The van der Waals surface area contributed by atoms with Crippen LogP contribution in [0.3, 0.4) is 0 Å². The maximum Gasteiger partial charge on any atom is 0.433 e. The van der Waals surface area contributed by atoms with Crippen molar-refractivity contribution in [1.29, 1.82) is 0 Å². The Morgan fingerprint density at radius 2 is 2.15 bits per heavy atom. The van der Waals surface area contributed by atoms with Gasteiger partial charge in [0.2, 0.25) is 5.76 Å². The third-order valence-electron chi connectivity index (χ3n) is 3.59. The number of fused-ring (bicyclic) bond motifs is 1. The number of carbonyl (C=O) groups excluding carboxylic acids is 1. The average molecular weight is 375 g/mol. The molecule has 0 saturated carbocycles. The summed E-state index contributed by atoms with van der Waals surface area (Å²) in [6, 6.07) is 8.11. The van der Waals surface area contributed by atoms with Gasteiger partial charge in [-0.05, 0) is 31.5 Å². The second-order valence-electron chi connectivity index (χ2n) is 5.38. The number of hydrogen-bond donors (Lipinski definition) is 0. The lowest BCUT2D eigenvalue weighted by atomic mass is 10.3. The molecule has 0 aliphatic carbocycles. The van der Waals surface area contributed by atoms with Crippen LogP contribution in [0.25, 0.3) is 10.2 Å². The lowest BCUT2D eigenvalue weighted by molar-refractivity contribution is -0.402. The molecular weight excluding hydrogens is 358 g/mol. The Hall–Kier alpha value is -2.94. The van der Waals surface area contributed by atoms with Crippen molar-refractivity contribution < 1.29 is 18.9 Å². The van der Waals surface area contributed by atoms with Crippen LogP contribution in [-0.2, 0) is 6.54 Å². The Bertz CT molecular complexity index is 1030. The number of ether oxygens (including phenoxy) is 1. The highest BCUT2D eigenvalue weighted by Crippen LogP contribution is 2.28. The van der Waals surface area contributed by atoms with E-state index in [0.717, 1.165) is 28.5 Å². The maximum atomic E-state index is 12.4. The van der Waals surface area contributed by atoms with Crippen LogP contribution >= 0.6 is 11.3 Å². The molecule has 3 aromatic rings. The Morgan fingerprint density at radius 1 is 1.35 bits per heavy atom. The van der Waals surface area contributed by atoms with Crippen LogP contribution in [-0.4, -0.2) is 22.0 Å². The Labute approximate surface area is 152 Å². The van der Waals surface area contributed by atoms with Crippen molar-refractivity contribution in [3.8, 4) is 5.75 Å². The number of aromatic nitrogens is 1. The van der Waals surface area contributed by atoms with Crippen molar-refractivity contribution >= 4 is 33.3 Å². The fourth-order valence-electron chi connectivity index (χ4n) is 2.57. The number of nitro groups is 1. The van der Waals surface area contributed by atoms with Crippen molar-refractivity contribution in [2.75, 3.05) is 6.61 Å². The van der Waals surface area contributed by atoms with E-state index in [1.165, 1.54) is 17.4 Å². The first-order valence-electron chi connectivity index (χ1n) is 8.13. The van der Waals surface area contributed by atoms with E-state index in [-0.39, 0.29) is 5.76 Å². The fraction of sp³-hybridized carbons (Fsp3) is 0.294. The molecule has 2 heterocycles. The number of benzene rings is 1. The molecular formula is C17H17N3O5S. The topological polar surface area (TPSA) is 99.9 Å². The predicted octanol–water partition coefficient (Wildman–Crippen LogP) is 3.75. The monoisotopic (exact) mass is 375 g/mol. The molecule has 0 saturated heterocycles. The summed E-state index contributed by atoms with van der Waals surface area (Å²) in [6.45, 7) is 5.13. The summed E-state index contributed by atoms with van der Waals surface area (Å²) < 4.78 is 13.5. The molecule has 3 rings (SSSR count). The lowest BCUT2D eigenvalue weighted by Gasteiger charge is -2.08. The second kappa shape index (κ2) is 7.52. The molecule has 8 nitrogen and oxygen atoms in total. The van der Waals surface area contributed by atoms with Crippen molar-refractivity contribution in [2.24, 2.45) is 4.99 Å². The number of aryl methyl sites for hydroxylation is 1. The summed E-state index contributed by atoms with van der Waals surface area (Å²) in [5, 5.41) is 10.7. The van der Waals surface area contributed by atoms with Gasteiger partial charge in [-0.1, -0.05) is 24.3 Å². The van der Waals surface area contributed by atoms with Crippen LogP contribution in [0.4, 0.5) is 5.88 Å². The van der Waals surface area contributed by atoms with E-state index in [1.807, 2.05) is 36.6 Å². The summed E-state index contributed by atoms with van der Waals surface area (Å²) in [5.41, 5.74) is 0.887. The van der Waals surface area contributed by atoms with E-state index in [2.05, 4.69) is 4.99 Å². The van der Waals surface area contributed by atoms with Crippen LogP contribution in [0.5, 0.6) is 5.75 Å². The summed E-state index contributed by atoms with van der Waals surface area (Å²) in [5.74, 6) is -0.577. The van der Waals surface area contributed by atoms with E-state index in [0.29, 0.717) is 18.0 Å². The zero-order chi connectivity index (χ0) is 18.7. The first kappa shape index (κ1) is 17.9. The van der Waals surface area contributed by atoms with Crippen molar-refractivity contribution in [3.05, 3.63) is 51.0 Å². The molecule has 0 bridgehead atoms. The predicted molar refractivity (Wildman–Crippen MR) is 96.5 cm³/mol. The number of hydrogen-bond acceptors (Lipinski definition) is 6. The molecule has 2 aromatic heterocycles. The van der Waals surface area contributed by atoms with Crippen LogP contribution in [0.15, 0.2) is 39.7 Å². The SMILES string of the molecule is CCCn1c(=NC(=O)c2ccc([N+](=O)[O-])o2)sc2cccc(OCC)c21. The number of carbonyl (C=O) groups is 1. The minimum Gasteiger partial charge on any atom is -0.492 e. The van der Waals surface area contributed by atoms with E-state index in [1.54, 1.807) is 0 Å². The molecule has 0 atom stereocenters. The highest BCUT2D eigenvalue weighted by Gasteiger charge is 2.18. The molecule has 0 fully saturated rings. The largest absolute Gasteiger partial charge is 0.492 e. The molecule has 0 aliphatic heterocycles. The highest BCUT2D eigenvalue weighted by atomic mass is 32.1. The number of rotatable bonds is 6. The number of furan rings is 1. The summed E-state index contributed by atoms with van der Waals surface area (Å²) in [4.78, 5) is 27.0. The minimum absolute atomic E-state index is 0.165. The second-order valence-corrected chi connectivity index (χ2v) is 6.39. The van der Waals surface area contributed by atoms with Crippen molar-refractivity contribution in [3.63, 3.8) is 0 Å². The molecule has 0 spiro atoms. The zero-order valence-electron chi connectivity index (χ0n) is 14.3. The van der Waals surface area contributed by atoms with Gasteiger partial charge in [0.05, 0.1) is 17.4 Å². The van der Waals surface area contributed by atoms with Gasteiger partial charge in [0.15, 0.2) is 4.80 Å². The van der Waals surface area contributed by atoms with Gasteiger partial charge in [-0.25, -0.2) is 0 Å². The molecule has 1 amide bonds. The van der Waals surface area contributed by atoms with Gasteiger partial charge in [-0.2, -0.15) is 4.99 Å². The first-order chi connectivity index (χ1) is 12.5. The van der Waals surface area contributed by atoms with Crippen LogP contribution in [0.1, 0.15) is 30.8 Å². The zero-order valence-corrected chi connectivity index (χ0v) is 15.1. The van der Waals surface area contributed by atoms with Crippen LogP contribution in [0, 0.1) is 10.1 Å². The Kier molecular flexibility index (Phi) is 5.17. The van der Waals surface area contributed by atoms with E-state index in [9.17, 15) is 14.9 Å². The number of amides is 1. The Balaban J connectivity index is 2.12. The number of thiazole rings is 1. The molecule has 0 aliphatic rings. The molecule has 136 valence electrons. The van der Waals surface area contributed by atoms with Gasteiger partial charge >= 0.3 is 11.8 Å². The summed E-state index contributed by atoms with van der Waals surface area (Å²) in [7, 11) is 0. The van der Waals surface area contributed by atoms with E-state index >= 15 is 0 Å². The average Bonchev–Trinajstić information content (AvgIpc) is 3.22.